The summed E-state index contributed by atoms with van der Waals surface area (Å²) >= 11 is 0. The predicted octanol–water partition coefficient (Wildman–Crippen LogP) is 2.09. The number of rotatable bonds is 10. The van der Waals surface area contributed by atoms with Crippen LogP contribution in [0.1, 0.15) is 46.0 Å². The van der Waals surface area contributed by atoms with E-state index in [-0.39, 0.29) is 12.1 Å². The minimum Gasteiger partial charge on any atom is -0.480 e. The molecule has 0 aliphatic heterocycles. The van der Waals surface area contributed by atoms with Gasteiger partial charge in [-0.05, 0) is 38.0 Å². The number of nitrogens with one attached hydrogen (secondary N) is 1. The van der Waals surface area contributed by atoms with Gasteiger partial charge in [0.05, 0.1) is 0 Å². The van der Waals surface area contributed by atoms with E-state index in [2.05, 4.69) is 19.2 Å². The number of carbonyl (C=O) groups is 2. The summed E-state index contributed by atoms with van der Waals surface area (Å²) in [7, 11) is 1.58. The molecule has 0 heterocycles. The molecule has 0 aromatic heterocycles. The zero-order valence-corrected chi connectivity index (χ0v) is 13.3. The molecule has 0 radical (unpaired) electrons. The molecule has 1 unspecified atom stereocenters. The largest absolute Gasteiger partial charge is 0.480 e. The number of carboxylic acid groups (broad SMARTS) is 1. The first-order valence-electron chi connectivity index (χ1n) is 7.74. The number of amides is 2. The Balaban J connectivity index is 2.50. The minimum atomic E-state index is -0.987. The van der Waals surface area contributed by atoms with Crippen molar-refractivity contribution in [1.82, 2.24) is 10.2 Å². The quantitative estimate of drug-likeness (QED) is 0.605. The van der Waals surface area contributed by atoms with Gasteiger partial charge in [-0.15, -0.1) is 0 Å². The average molecular weight is 300 g/mol. The molecule has 6 nitrogen and oxygen atoms in total. The van der Waals surface area contributed by atoms with E-state index in [1.807, 2.05) is 0 Å². The van der Waals surface area contributed by atoms with Gasteiger partial charge < -0.3 is 20.1 Å². The van der Waals surface area contributed by atoms with E-state index in [0.717, 1.165) is 19.3 Å². The number of nitrogens with zero attached hydrogens (tertiary/aromatic N) is 1. The van der Waals surface area contributed by atoms with E-state index in [4.69, 9.17) is 4.74 Å². The molecule has 1 aliphatic carbocycles. The summed E-state index contributed by atoms with van der Waals surface area (Å²) < 4.78 is 4.92. The molecule has 0 aromatic carbocycles. The van der Waals surface area contributed by atoms with Crippen molar-refractivity contribution in [2.24, 2.45) is 5.92 Å². The van der Waals surface area contributed by atoms with E-state index in [1.165, 1.54) is 0 Å². The number of urea groups is 1. The molecule has 2 N–H and O–H groups in total. The second-order valence-corrected chi connectivity index (χ2v) is 6.08. The first-order valence-corrected chi connectivity index (χ1v) is 7.74. The van der Waals surface area contributed by atoms with Crippen molar-refractivity contribution < 1.29 is 19.4 Å². The molecule has 0 aromatic rings. The molecule has 6 heteroatoms. The molecule has 1 atom stereocenters. The van der Waals surface area contributed by atoms with Crippen molar-refractivity contribution in [2.75, 3.05) is 20.3 Å². The lowest BCUT2D eigenvalue weighted by Crippen LogP contribution is -2.49. The van der Waals surface area contributed by atoms with Crippen molar-refractivity contribution in [3.63, 3.8) is 0 Å². The minimum absolute atomic E-state index is 0.247. The van der Waals surface area contributed by atoms with Crippen LogP contribution >= 0.6 is 0 Å². The molecular formula is C15H28N2O4. The highest BCUT2D eigenvalue weighted by atomic mass is 16.5. The van der Waals surface area contributed by atoms with E-state index < -0.39 is 12.0 Å². The zero-order chi connectivity index (χ0) is 15.8. The van der Waals surface area contributed by atoms with E-state index in [9.17, 15) is 14.7 Å². The summed E-state index contributed by atoms with van der Waals surface area (Å²) in [4.78, 5) is 25.3. The SMILES string of the molecule is COCCCC(NC(=O)N(CCC(C)C)C1CC1)C(=O)O. The third kappa shape index (κ3) is 6.80. The van der Waals surface area contributed by atoms with Crippen molar-refractivity contribution >= 4 is 12.0 Å². The summed E-state index contributed by atoms with van der Waals surface area (Å²) in [5.41, 5.74) is 0. The number of carboxylic acids is 1. The van der Waals surface area contributed by atoms with E-state index >= 15 is 0 Å². The molecule has 0 spiro atoms. The van der Waals surface area contributed by atoms with Crippen molar-refractivity contribution in [1.29, 1.82) is 0 Å². The molecule has 122 valence electrons. The van der Waals surface area contributed by atoms with Crippen LogP contribution < -0.4 is 5.32 Å². The third-order valence-corrected chi connectivity index (χ3v) is 3.63. The number of aliphatic carboxylic acids is 1. The van der Waals surface area contributed by atoms with Crippen LogP contribution in [0.15, 0.2) is 0 Å². The molecule has 0 bridgehead atoms. The highest BCUT2D eigenvalue weighted by molar-refractivity contribution is 5.82. The lowest BCUT2D eigenvalue weighted by atomic mass is 10.1. The van der Waals surface area contributed by atoms with Crippen LogP contribution in [0, 0.1) is 5.92 Å². The van der Waals surface area contributed by atoms with Gasteiger partial charge in [-0.3, -0.25) is 0 Å². The molecule has 1 fully saturated rings. The molecule has 1 rings (SSSR count). The number of hydrogen-bond acceptors (Lipinski definition) is 3. The Labute approximate surface area is 126 Å². The smallest absolute Gasteiger partial charge is 0.326 e. The van der Waals surface area contributed by atoms with Gasteiger partial charge >= 0.3 is 12.0 Å². The topological polar surface area (TPSA) is 78.9 Å². The fourth-order valence-electron chi connectivity index (χ4n) is 2.15. The molecule has 2 amide bonds. The van der Waals surface area contributed by atoms with Gasteiger partial charge in [-0.25, -0.2) is 9.59 Å². The summed E-state index contributed by atoms with van der Waals surface area (Å²) in [6.07, 6.45) is 3.98. The Morgan fingerprint density at radius 3 is 2.48 bits per heavy atom. The van der Waals surface area contributed by atoms with Crippen molar-refractivity contribution in [3.8, 4) is 0 Å². The molecule has 1 saturated carbocycles. The van der Waals surface area contributed by atoms with Crippen LogP contribution in [-0.2, 0) is 9.53 Å². The highest BCUT2D eigenvalue weighted by Crippen LogP contribution is 2.27. The van der Waals surface area contributed by atoms with E-state index in [1.54, 1.807) is 12.0 Å². The van der Waals surface area contributed by atoms with Gasteiger partial charge in [-0.2, -0.15) is 0 Å². The predicted molar refractivity (Wildman–Crippen MR) is 80.2 cm³/mol. The number of carbonyl (C=O) groups excluding carboxylic acids is 1. The molecule has 21 heavy (non-hydrogen) atoms. The van der Waals surface area contributed by atoms with Crippen LogP contribution in [0.5, 0.6) is 0 Å². The van der Waals surface area contributed by atoms with Crippen LogP contribution in [-0.4, -0.2) is 54.4 Å². The summed E-state index contributed by atoms with van der Waals surface area (Å²) in [5, 5.41) is 11.9. The lowest BCUT2D eigenvalue weighted by Gasteiger charge is -2.25. The van der Waals surface area contributed by atoms with E-state index in [0.29, 0.717) is 31.9 Å². The highest BCUT2D eigenvalue weighted by Gasteiger charge is 2.33. The van der Waals surface area contributed by atoms with Crippen LogP contribution in [0.3, 0.4) is 0 Å². The number of methoxy groups -OCH3 is 1. The first kappa shape index (κ1) is 17.8. The number of hydrogen-bond donors (Lipinski definition) is 2. The maximum atomic E-state index is 12.3. The second kappa shape index (κ2) is 8.87. The normalized spacial score (nSPS) is 15.8. The van der Waals surface area contributed by atoms with Crippen LogP contribution in [0.4, 0.5) is 4.79 Å². The molecule has 0 saturated heterocycles. The average Bonchev–Trinajstić information content (AvgIpc) is 3.22. The van der Waals surface area contributed by atoms with Gasteiger partial charge in [0.1, 0.15) is 6.04 Å². The summed E-state index contributed by atoms with van der Waals surface area (Å²) in [5.74, 6) is -0.463. The number of ether oxygens (including phenoxy) is 1. The monoisotopic (exact) mass is 300 g/mol. The Morgan fingerprint density at radius 2 is 2.00 bits per heavy atom. The molecule has 1 aliphatic rings. The third-order valence-electron chi connectivity index (χ3n) is 3.63. The van der Waals surface area contributed by atoms with Gasteiger partial charge in [-0.1, -0.05) is 13.8 Å². The van der Waals surface area contributed by atoms with Crippen molar-refractivity contribution in [3.05, 3.63) is 0 Å². The van der Waals surface area contributed by atoms with Gasteiger partial charge in [0, 0.05) is 26.3 Å². The Kier molecular flexibility index (Phi) is 7.50. The standard InChI is InChI=1S/C15H28N2O4/c1-11(2)8-9-17(12-6-7-12)15(20)16-13(14(18)19)5-4-10-21-3/h11-13H,4-10H2,1-3H3,(H,16,20)(H,18,19). The van der Waals surface area contributed by atoms with Crippen LogP contribution in [0.25, 0.3) is 0 Å². The Bertz CT molecular complexity index is 343. The van der Waals surface area contributed by atoms with Gasteiger partial charge in [0.15, 0.2) is 0 Å². The maximum Gasteiger partial charge on any atom is 0.326 e. The second-order valence-electron chi connectivity index (χ2n) is 6.08. The Hall–Kier alpha value is -1.30. The van der Waals surface area contributed by atoms with Crippen LogP contribution in [0.2, 0.25) is 0 Å². The summed E-state index contributed by atoms with van der Waals surface area (Å²) in [6, 6.07) is -0.798. The Morgan fingerprint density at radius 1 is 1.33 bits per heavy atom. The maximum absolute atomic E-state index is 12.3. The fourth-order valence-corrected chi connectivity index (χ4v) is 2.15. The van der Waals surface area contributed by atoms with Crippen molar-refractivity contribution in [2.45, 2.75) is 58.0 Å². The lowest BCUT2D eigenvalue weighted by molar-refractivity contribution is -0.139. The van der Waals surface area contributed by atoms with Gasteiger partial charge in [0.2, 0.25) is 0 Å². The van der Waals surface area contributed by atoms with Gasteiger partial charge in [0.25, 0.3) is 0 Å². The summed E-state index contributed by atoms with van der Waals surface area (Å²) in [6.45, 7) is 5.43. The molecular weight excluding hydrogens is 272 g/mol. The fraction of sp³-hybridized carbons (Fsp3) is 0.867. The zero-order valence-electron chi connectivity index (χ0n) is 13.3. The first-order chi connectivity index (χ1) is 9.95.